The number of carbonyl (C=O) groups excluding carboxylic acids is 2. The van der Waals surface area contributed by atoms with E-state index >= 15 is 0 Å². The van der Waals surface area contributed by atoms with Gasteiger partial charge in [0.25, 0.3) is 0 Å². The van der Waals surface area contributed by atoms with Crippen LogP contribution in [0.25, 0.3) is 0 Å². The zero-order chi connectivity index (χ0) is 18.4. The SMILES string of the molecule is CCCNC(=O)N1CCN(C(=O)Cc2cc(C)c(OC)cc2C)CC1. The number of hydrogen-bond donors (Lipinski definition) is 1. The molecule has 1 aromatic carbocycles. The van der Waals surface area contributed by atoms with Gasteiger partial charge in [-0.25, -0.2) is 4.79 Å². The van der Waals surface area contributed by atoms with E-state index in [1.54, 1.807) is 12.0 Å². The van der Waals surface area contributed by atoms with Crippen molar-refractivity contribution in [3.8, 4) is 5.75 Å². The van der Waals surface area contributed by atoms with Gasteiger partial charge < -0.3 is 19.9 Å². The van der Waals surface area contributed by atoms with E-state index in [9.17, 15) is 9.59 Å². The summed E-state index contributed by atoms with van der Waals surface area (Å²) in [6, 6.07) is 3.98. The second kappa shape index (κ2) is 8.74. The maximum absolute atomic E-state index is 12.6. The van der Waals surface area contributed by atoms with Gasteiger partial charge in [0.05, 0.1) is 13.5 Å². The van der Waals surface area contributed by atoms with Crippen LogP contribution in [0.3, 0.4) is 0 Å². The zero-order valence-electron chi connectivity index (χ0n) is 15.7. The summed E-state index contributed by atoms with van der Waals surface area (Å²) in [5.41, 5.74) is 3.13. The lowest BCUT2D eigenvalue weighted by Crippen LogP contribution is -2.53. The molecular formula is C19H29N3O3. The smallest absolute Gasteiger partial charge is 0.317 e. The van der Waals surface area contributed by atoms with Crippen molar-refractivity contribution in [3.63, 3.8) is 0 Å². The normalized spacial score (nSPS) is 14.4. The van der Waals surface area contributed by atoms with Crippen molar-refractivity contribution in [2.75, 3.05) is 39.8 Å². The minimum atomic E-state index is -0.0319. The molecule has 1 heterocycles. The molecule has 1 N–H and O–H groups in total. The number of aryl methyl sites for hydroxylation is 2. The van der Waals surface area contributed by atoms with Crippen LogP contribution in [0.2, 0.25) is 0 Å². The van der Waals surface area contributed by atoms with Gasteiger partial charge in [0.1, 0.15) is 5.75 Å². The van der Waals surface area contributed by atoms with E-state index in [4.69, 9.17) is 4.74 Å². The number of piperazine rings is 1. The number of amides is 3. The van der Waals surface area contributed by atoms with Gasteiger partial charge in [-0.2, -0.15) is 0 Å². The highest BCUT2D eigenvalue weighted by atomic mass is 16.5. The highest BCUT2D eigenvalue weighted by Gasteiger charge is 2.24. The lowest BCUT2D eigenvalue weighted by Gasteiger charge is -2.35. The molecule has 0 atom stereocenters. The Morgan fingerprint density at radius 2 is 1.72 bits per heavy atom. The molecular weight excluding hydrogens is 318 g/mol. The van der Waals surface area contributed by atoms with Crippen molar-refractivity contribution in [2.45, 2.75) is 33.6 Å². The highest BCUT2D eigenvalue weighted by molar-refractivity contribution is 5.80. The first-order valence-electron chi connectivity index (χ1n) is 8.91. The van der Waals surface area contributed by atoms with Crippen LogP contribution >= 0.6 is 0 Å². The molecule has 1 aliphatic rings. The summed E-state index contributed by atoms with van der Waals surface area (Å²) in [6.45, 7) is 9.05. The molecule has 0 saturated carbocycles. The summed E-state index contributed by atoms with van der Waals surface area (Å²) < 4.78 is 5.33. The van der Waals surface area contributed by atoms with Crippen molar-refractivity contribution in [2.24, 2.45) is 0 Å². The lowest BCUT2D eigenvalue weighted by molar-refractivity contribution is -0.131. The minimum absolute atomic E-state index is 0.0319. The average Bonchev–Trinajstić information content (AvgIpc) is 2.62. The molecule has 138 valence electrons. The van der Waals surface area contributed by atoms with Crippen LogP contribution < -0.4 is 10.1 Å². The van der Waals surface area contributed by atoms with Gasteiger partial charge in [-0.3, -0.25) is 4.79 Å². The molecule has 0 spiro atoms. The Hall–Kier alpha value is -2.24. The zero-order valence-corrected chi connectivity index (χ0v) is 15.7. The predicted octanol–water partition coefficient (Wildman–Crippen LogP) is 2.12. The van der Waals surface area contributed by atoms with E-state index in [1.165, 1.54) is 0 Å². The molecule has 1 saturated heterocycles. The van der Waals surface area contributed by atoms with E-state index in [2.05, 4.69) is 5.32 Å². The van der Waals surface area contributed by atoms with Crippen LogP contribution in [-0.2, 0) is 11.2 Å². The van der Waals surface area contributed by atoms with Gasteiger partial charge in [-0.15, -0.1) is 0 Å². The molecule has 1 fully saturated rings. The van der Waals surface area contributed by atoms with Crippen LogP contribution in [0, 0.1) is 13.8 Å². The number of carbonyl (C=O) groups is 2. The first-order valence-corrected chi connectivity index (χ1v) is 8.91. The molecule has 25 heavy (non-hydrogen) atoms. The van der Waals surface area contributed by atoms with E-state index in [0.29, 0.717) is 39.1 Å². The van der Waals surface area contributed by atoms with Gasteiger partial charge in [0, 0.05) is 32.7 Å². The van der Waals surface area contributed by atoms with Gasteiger partial charge in [0.15, 0.2) is 0 Å². The van der Waals surface area contributed by atoms with Crippen LogP contribution in [0.5, 0.6) is 5.75 Å². The maximum atomic E-state index is 12.6. The molecule has 1 aliphatic heterocycles. The van der Waals surface area contributed by atoms with Gasteiger partial charge in [-0.1, -0.05) is 13.0 Å². The van der Waals surface area contributed by atoms with Gasteiger partial charge in [-0.05, 0) is 43.0 Å². The fourth-order valence-electron chi connectivity index (χ4n) is 3.04. The quantitative estimate of drug-likeness (QED) is 0.887. The number of hydrogen-bond acceptors (Lipinski definition) is 3. The standard InChI is InChI=1S/C19H29N3O3/c1-5-6-20-19(24)22-9-7-21(8-10-22)18(23)13-16-11-15(3)17(25-4)12-14(16)2/h11-12H,5-10,13H2,1-4H3,(H,20,24). The largest absolute Gasteiger partial charge is 0.496 e. The van der Waals surface area contributed by atoms with Crippen molar-refractivity contribution in [1.29, 1.82) is 0 Å². The Balaban J connectivity index is 1.91. The monoisotopic (exact) mass is 347 g/mol. The first kappa shape index (κ1) is 19.1. The second-order valence-corrected chi connectivity index (χ2v) is 6.52. The predicted molar refractivity (Wildman–Crippen MR) is 98.0 cm³/mol. The number of urea groups is 1. The Bertz CT molecular complexity index is 623. The summed E-state index contributed by atoms with van der Waals surface area (Å²) in [5.74, 6) is 0.960. The van der Waals surface area contributed by atoms with E-state index in [1.807, 2.05) is 37.8 Å². The molecule has 3 amide bonds. The third-order valence-corrected chi connectivity index (χ3v) is 4.64. The van der Waals surface area contributed by atoms with Gasteiger partial charge in [0.2, 0.25) is 5.91 Å². The lowest BCUT2D eigenvalue weighted by atomic mass is 10.0. The minimum Gasteiger partial charge on any atom is -0.496 e. The summed E-state index contributed by atoms with van der Waals surface area (Å²) in [7, 11) is 1.66. The number of benzene rings is 1. The summed E-state index contributed by atoms with van der Waals surface area (Å²) in [5, 5.41) is 2.88. The van der Waals surface area contributed by atoms with Crippen LogP contribution in [0.15, 0.2) is 12.1 Å². The molecule has 0 radical (unpaired) electrons. The molecule has 0 unspecified atom stereocenters. The van der Waals surface area contributed by atoms with Gasteiger partial charge >= 0.3 is 6.03 Å². The second-order valence-electron chi connectivity index (χ2n) is 6.52. The van der Waals surface area contributed by atoms with E-state index in [0.717, 1.165) is 28.9 Å². The summed E-state index contributed by atoms with van der Waals surface area (Å²) in [6.07, 6.45) is 1.31. The molecule has 0 aromatic heterocycles. The first-order chi connectivity index (χ1) is 12.0. The Morgan fingerprint density at radius 3 is 2.32 bits per heavy atom. The Morgan fingerprint density at radius 1 is 1.08 bits per heavy atom. The third-order valence-electron chi connectivity index (χ3n) is 4.64. The third kappa shape index (κ3) is 4.87. The number of nitrogens with zero attached hydrogens (tertiary/aromatic N) is 2. The Kier molecular flexibility index (Phi) is 6.67. The molecule has 6 nitrogen and oxygen atoms in total. The number of methoxy groups -OCH3 is 1. The van der Waals surface area contributed by atoms with E-state index < -0.39 is 0 Å². The van der Waals surface area contributed by atoms with Crippen LogP contribution in [0.1, 0.15) is 30.0 Å². The van der Waals surface area contributed by atoms with Crippen LogP contribution in [0.4, 0.5) is 4.79 Å². The summed E-state index contributed by atoms with van der Waals surface area (Å²) in [4.78, 5) is 28.2. The fraction of sp³-hybridized carbons (Fsp3) is 0.579. The van der Waals surface area contributed by atoms with Crippen molar-refractivity contribution in [1.82, 2.24) is 15.1 Å². The Labute approximate surface area is 150 Å². The maximum Gasteiger partial charge on any atom is 0.317 e. The van der Waals surface area contributed by atoms with Crippen LogP contribution in [-0.4, -0.2) is 61.6 Å². The number of ether oxygens (including phenoxy) is 1. The average molecular weight is 347 g/mol. The van der Waals surface area contributed by atoms with Crippen molar-refractivity contribution >= 4 is 11.9 Å². The van der Waals surface area contributed by atoms with Crippen molar-refractivity contribution in [3.05, 3.63) is 28.8 Å². The molecule has 2 rings (SSSR count). The van der Waals surface area contributed by atoms with E-state index in [-0.39, 0.29) is 11.9 Å². The molecule has 1 aromatic rings. The molecule has 0 aliphatic carbocycles. The number of rotatable bonds is 5. The molecule has 0 bridgehead atoms. The molecule has 6 heteroatoms. The fourth-order valence-corrected chi connectivity index (χ4v) is 3.04. The summed E-state index contributed by atoms with van der Waals surface area (Å²) >= 11 is 0. The topological polar surface area (TPSA) is 61.9 Å². The van der Waals surface area contributed by atoms with Crippen molar-refractivity contribution < 1.29 is 14.3 Å². The highest BCUT2D eigenvalue weighted by Crippen LogP contribution is 2.23. The number of nitrogens with one attached hydrogen (secondary N) is 1.